The first kappa shape index (κ1) is 18.8. The molecule has 0 aromatic heterocycles. The molecular formula is C13H29NO4S. The molecule has 116 valence electrons. The molecule has 0 aliphatic heterocycles. The van der Waals surface area contributed by atoms with Crippen LogP contribution in [0.2, 0.25) is 0 Å². The molecule has 3 atom stereocenters. The summed E-state index contributed by atoms with van der Waals surface area (Å²) in [4.78, 5) is 2.02. The van der Waals surface area contributed by atoms with E-state index in [1.165, 1.54) is 6.26 Å². The Morgan fingerprint density at radius 1 is 1.32 bits per heavy atom. The van der Waals surface area contributed by atoms with Gasteiger partial charge in [-0.1, -0.05) is 6.92 Å². The number of rotatable bonds is 10. The number of ether oxygens (including phenoxy) is 1. The van der Waals surface area contributed by atoms with Gasteiger partial charge in [-0.25, -0.2) is 8.42 Å². The average molecular weight is 295 g/mol. The molecule has 0 radical (unpaired) electrons. The first-order valence-electron chi connectivity index (χ1n) is 6.90. The maximum Gasteiger partial charge on any atom is 0.147 e. The van der Waals surface area contributed by atoms with Gasteiger partial charge in [-0.05, 0) is 40.3 Å². The fourth-order valence-corrected chi connectivity index (χ4v) is 2.88. The smallest absolute Gasteiger partial charge is 0.147 e. The summed E-state index contributed by atoms with van der Waals surface area (Å²) >= 11 is 0. The van der Waals surface area contributed by atoms with Crippen LogP contribution in [0.25, 0.3) is 0 Å². The number of aliphatic hydroxyl groups is 1. The number of hydrogen-bond acceptors (Lipinski definition) is 5. The summed E-state index contributed by atoms with van der Waals surface area (Å²) in [5, 5.41) is 10.3. The number of sulfone groups is 1. The lowest BCUT2D eigenvalue weighted by Crippen LogP contribution is -2.47. The Balaban J connectivity index is 4.34. The third kappa shape index (κ3) is 7.87. The van der Waals surface area contributed by atoms with Gasteiger partial charge < -0.3 is 14.7 Å². The fourth-order valence-electron chi connectivity index (χ4n) is 2.23. The van der Waals surface area contributed by atoms with Crippen LogP contribution >= 0.6 is 0 Å². The highest BCUT2D eigenvalue weighted by Crippen LogP contribution is 2.13. The molecule has 0 aliphatic rings. The van der Waals surface area contributed by atoms with Crippen molar-refractivity contribution in [1.29, 1.82) is 0 Å². The maximum absolute atomic E-state index is 11.1. The minimum absolute atomic E-state index is 0.0129. The van der Waals surface area contributed by atoms with E-state index >= 15 is 0 Å². The van der Waals surface area contributed by atoms with Crippen molar-refractivity contribution in [1.82, 2.24) is 4.90 Å². The SMILES string of the molecule is CCO[C@@H](C)C(O)C(CC)N(C)CCCS(C)(=O)=O. The van der Waals surface area contributed by atoms with Crippen LogP contribution in [0.15, 0.2) is 0 Å². The zero-order valence-corrected chi connectivity index (χ0v) is 13.6. The van der Waals surface area contributed by atoms with Gasteiger partial charge in [0.1, 0.15) is 9.84 Å². The predicted molar refractivity (Wildman–Crippen MR) is 78.1 cm³/mol. The Kier molecular flexibility index (Phi) is 8.81. The third-order valence-electron chi connectivity index (χ3n) is 3.32. The summed E-state index contributed by atoms with van der Waals surface area (Å²) in [6, 6.07) is -0.0129. The Hall–Kier alpha value is -0.170. The van der Waals surface area contributed by atoms with Crippen LogP contribution in [0, 0.1) is 0 Å². The monoisotopic (exact) mass is 295 g/mol. The lowest BCUT2D eigenvalue weighted by Gasteiger charge is -2.34. The third-order valence-corrected chi connectivity index (χ3v) is 4.35. The van der Waals surface area contributed by atoms with E-state index in [0.717, 1.165) is 6.42 Å². The zero-order valence-electron chi connectivity index (χ0n) is 12.8. The second kappa shape index (κ2) is 8.89. The van der Waals surface area contributed by atoms with Gasteiger partial charge in [0.2, 0.25) is 0 Å². The number of aliphatic hydroxyl groups excluding tert-OH is 1. The van der Waals surface area contributed by atoms with Gasteiger partial charge in [0.15, 0.2) is 0 Å². The van der Waals surface area contributed by atoms with Gasteiger partial charge in [0.25, 0.3) is 0 Å². The topological polar surface area (TPSA) is 66.8 Å². The lowest BCUT2D eigenvalue weighted by molar-refractivity contribution is -0.0594. The predicted octanol–water partition coefficient (Wildman–Crippen LogP) is 0.917. The van der Waals surface area contributed by atoms with Crippen LogP contribution in [0.4, 0.5) is 0 Å². The molecule has 5 nitrogen and oxygen atoms in total. The summed E-state index contributed by atoms with van der Waals surface area (Å²) < 4.78 is 27.6. The van der Waals surface area contributed by atoms with E-state index in [1.807, 2.05) is 32.7 Å². The molecule has 0 spiro atoms. The summed E-state index contributed by atoms with van der Waals surface area (Å²) in [5.41, 5.74) is 0. The van der Waals surface area contributed by atoms with Crippen molar-refractivity contribution in [2.45, 2.75) is 51.9 Å². The lowest BCUT2D eigenvalue weighted by atomic mass is 10.0. The Morgan fingerprint density at radius 3 is 2.32 bits per heavy atom. The van der Waals surface area contributed by atoms with E-state index < -0.39 is 15.9 Å². The molecular weight excluding hydrogens is 266 g/mol. The molecule has 0 aromatic carbocycles. The van der Waals surface area contributed by atoms with E-state index in [-0.39, 0.29) is 17.9 Å². The molecule has 0 aliphatic carbocycles. The first-order chi connectivity index (χ1) is 8.72. The molecule has 1 N–H and O–H groups in total. The normalized spacial score (nSPS) is 17.4. The molecule has 0 aromatic rings. The molecule has 19 heavy (non-hydrogen) atoms. The van der Waals surface area contributed by atoms with E-state index in [4.69, 9.17) is 4.74 Å². The first-order valence-corrected chi connectivity index (χ1v) is 8.96. The van der Waals surface area contributed by atoms with Crippen LogP contribution < -0.4 is 0 Å². The molecule has 2 unspecified atom stereocenters. The summed E-state index contributed by atoms with van der Waals surface area (Å²) in [5.74, 6) is 0.185. The van der Waals surface area contributed by atoms with Crippen LogP contribution in [-0.4, -0.2) is 68.9 Å². The van der Waals surface area contributed by atoms with Crippen molar-refractivity contribution in [3.05, 3.63) is 0 Å². The van der Waals surface area contributed by atoms with Gasteiger partial charge in [-0.2, -0.15) is 0 Å². The molecule has 0 bridgehead atoms. The number of likely N-dealkylation sites (N-methyl/N-ethyl adjacent to an activating group) is 1. The Labute approximate surface area is 117 Å². The zero-order chi connectivity index (χ0) is 15.1. The van der Waals surface area contributed by atoms with Crippen molar-refractivity contribution >= 4 is 9.84 Å². The van der Waals surface area contributed by atoms with Gasteiger partial charge in [-0.15, -0.1) is 0 Å². The Bertz CT molecular complexity index is 332. The van der Waals surface area contributed by atoms with Crippen molar-refractivity contribution in [2.24, 2.45) is 0 Å². The van der Waals surface area contributed by atoms with Crippen molar-refractivity contribution in [3.8, 4) is 0 Å². The molecule has 0 saturated heterocycles. The summed E-state index contributed by atoms with van der Waals surface area (Å²) in [6.07, 6.45) is 1.85. The minimum atomic E-state index is -2.91. The second-order valence-electron chi connectivity index (χ2n) is 5.09. The fraction of sp³-hybridized carbons (Fsp3) is 1.00. The molecule has 0 fully saturated rings. The summed E-state index contributed by atoms with van der Waals surface area (Å²) in [6.45, 7) is 7.01. The molecule has 0 saturated carbocycles. The standard InChI is InChI=1S/C13H29NO4S/c1-6-12(13(15)11(3)18-7-2)14(4)9-8-10-19(5,16)17/h11-13,15H,6-10H2,1-5H3/t11-,12?,13?/m0/s1. The van der Waals surface area contributed by atoms with Crippen LogP contribution in [-0.2, 0) is 14.6 Å². The van der Waals surface area contributed by atoms with Crippen LogP contribution in [0.3, 0.4) is 0 Å². The van der Waals surface area contributed by atoms with Gasteiger partial charge >= 0.3 is 0 Å². The van der Waals surface area contributed by atoms with Gasteiger partial charge in [0.05, 0.1) is 18.0 Å². The highest BCUT2D eigenvalue weighted by molar-refractivity contribution is 7.90. The molecule has 0 amide bonds. The maximum atomic E-state index is 11.1. The molecule has 6 heteroatoms. The molecule has 0 rings (SSSR count). The highest BCUT2D eigenvalue weighted by Gasteiger charge is 2.26. The van der Waals surface area contributed by atoms with E-state index in [2.05, 4.69) is 0 Å². The Morgan fingerprint density at radius 2 is 1.89 bits per heavy atom. The van der Waals surface area contributed by atoms with Crippen molar-refractivity contribution in [3.63, 3.8) is 0 Å². The minimum Gasteiger partial charge on any atom is -0.389 e. The van der Waals surface area contributed by atoms with Gasteiger partial charge in [0, 0.05) is 18.9 Å². The van der Waals surface area contributed by atoms with E-state index in [9.17, 15) is 13.5 Å². The summed E-state index contributed by atoms with van der Waals surface area (Å²) in [7, 11) is -0.996. The van der Waals surface area contributed by atoms with Crippen LogP contribution in [0.1, 0.15) is 33.6 Å². The van der Waals surface area contributed by atoms with Crippen molar-refractivity contribution in [2.75, 3.05) is 32.2 Å². The average Bonchev–Trinajstić information content (AvgIpc) is 2.28. The second-order valence-corrected chi connectivity index (χ2v) is 7.35. The van der Waals surface area contributed by atoms with E-state index in [0.29, 0.717) is 19.6 Å². The van der Waals surface area contributed by atoms with Gasteiger partial charge in [-0.3, -0.25) is 0 Å². The van der Waals surface area contributed by atoms with E-state index in [1.54, 1.807) is 0 Å². The van der Waals surface area contributed by atoms with Crippen molar-refractivity contribution < 1.29 is 18.3 Å². The highest BCUT2D eigenvalue weighted by atomic mass is 32.2. The number of nitrogens with zero attached hydrogens (tertiary/aromatic N) is 1. The molecule has 0 heterocycles. The van der Waals surface area contributed by atoms with Crippen LogP contribution in [0.5, 0.6) is 0 Å². The largest absolute Gasteiger partial charge is 0.389 e. The number of hydrogen-bond donors (Lipinski definition) is 1. The quantitative estimate of drug-likeness (QED) is 0.649.